The topological polar surface area (TPSA) is 76.4 Å². The molecule has 2 atom stereocenters. The maximum Gasteiger partial charge on any atom is 0.319 e. The van der Waals surface area contributed by atoms with Gasteiger partial charge in [0.25, 0.3) is 5.91 Å². The zero-order valence-electron chi connectivity index (χ0n) is 16.9. The second kappa shape index (κ2) is 7.81. The Kier molecular flexibility index (Phi) is 6.10. The van der Waals surface area contributed by atoms with Crippen LogP contribution in [0.4, 0.5) is 4.79 Å². The fourth-order valence-electron chi connectivity index (χ4n) is 3.97. The van der Waals surface area contributed by atoms with Crippen LogP contribution in [0.15, 0.2) is 24.3 Å². The molecule has 1 aliphatic heterocycles. The first-order chi connectivity index (χ1) is 12.6. The van der Waals surface area contributed by atoms with Gasteiger partial charge in [-0.15, -0.1) is 0 Å². The molecular formula is C20H28N4O2S. The number of rotatable bonds is 4. The minimum absolute atomic E-state index is 0.0928. The van der Waals surface area contributed by atoms with Crippen molar-refractivity contribution < 1.29 is 9.59 Å². The minimum Gasteiger partial charge on any atom is -0.341 e. The quantitative estimate of drug-likeness (QED) is 0.860. The van der Waals surface area contributed by atoms with E-state index < -0.39 is 5.54 Å². The Morgan fingerprint density at radius 1 is 1.33 bits per heavy atom. The average Bonchev–Trinajstić information content (AvgIpc) is 2.88. The fraction of sp³-hybridized carbons (Fsp3) is 0.550. The molecule has 1 aliphatic rings. The molecule has 1 fully saturated rings. The van der Waals surface area contributed by atoms with E-state index in [4.69, 9.17) is 5.26 Å². The summed E-state index contributed by atoms with van der Waals surface area (Å²) < 4.78 is 0. The Hall–Kier alpha value is -2.20. The highest BCUT2D eigenvalue weighted by atomic mass is 32.2. The summed E-state index contributed by atoms with van der Waals surface area (Å²) >= 11 is 1.64. The highest BCUT2D eigenvalue weighted by molar-refractivity contribution is 7.98. The zero-order valence-corrected chi connectivity index (χ0v) is 17.7. The van der Waals surface area contributed by atoms with Gasteiger partial charge in [0.15, 0.2) is 5.54 Å². The summed E-state index contributed by atoms with van der Waals surface area (Å²) in [5.74, 6) is 0.633. The number of hydrogen-bond acceptors (Lipinski definition) is 4. The Balaban J connectivity index is 2.75. The summed E-state index contributed by atoms with van der Waals surface area (Å²) in [4.78, 5) is 30.0. The first kappa shape index (κ1) is 21.1. The molecule has 7 heteroatoms. The van der Waals surface area contributed by atoms with E-state index in [9.17, 15) is 9.59 Å². The molecule has 0 spiro atoms. The molecule has 2 unspecified atom stereocenters. The van der Waals surface area contributed by atoms with Crippen LogP contribution in [-0.2, 0) is 10.3 Å². The molecular weight excluding hydrogens is 360 g/mol. The largest absolute Gasteiger partial charge is 0.341 e. The van der Waals surface area contributed by atoms with E-state index in [1.165, 1.54) is 0 Å². The number of nitrogens with one attached hydrogen (secondary N) is 1. The number of benzene rings is 1. The van der Waals surface area contributed by atoms with Crippen molar-refractivity contribution in [1.82, 2.24) is 15.1 Å². The summed E-state index contributed by atoms with van der Waals surface area (Å²) in [6.45, 7) is 6.09. The SMILES string of the molecule is CNC(=O)N1C(C(C)(C)C)N(C)C(=O)C1(CCSC)c1ccc(C#N)cc1. The highest BCUT2D eigenvalue weighted by Crippen LogP contribution is 2.47. The molecule has 1 aromatic carbocycles. The minimum atomic E-state index is -1.09. The predicted octanol–water partition coefficient (Wildman–Crippen LogP) is 2.99. The van der Waals surface area contributed by atoms with Crippen LogP contribution < -0.4 is 5.32 Å². The maximum atomic E-state index is 13.6. The molecule has 1 N–H and O–H groups in total. The molecule has 1 saturated heterocycles. The van der Waals surface area contributed by atoms with E-state index >= 15 is 0 Å². The van der Waals surface area contributed by atoms with Crippen molar-refractivity contribution >= 4 is 23.7 Å². The first-order valence-corrected chi connectivity index (χ1v) is 10.3. The van der Waals surface area contributed by atoms with E-state index in [2.05, 4.69) is 11.4 Å². The van der Waals surface area contributed by atoms with E-state index in [-0.39, 0.29) is 23.5 Å². The van der Waals surface area contributed by atoms with Gasteiger partial charge in [-0.25, -0.2) is 4.79 Å². The lowest BCUT2D eigenvalue weighted by Gasteiger charge is -2.42. The normalized spacial score (nSPS) is 22.7. The fourth-order valence-corrected chi connectivity index (χ4v) is 4.46. The number of hydrogen-bond donors (Lipinski definition) is 1. The Bertz CT molecular complexity index is 751. The van der Waals surface area contributed by atoms with Gasteiger partial charge in [-0.3, -0.25) is 9.69 Å². The third kappa shape index (κ3) is 3.51. The maximum absolute atomic E-state index is 13.6. The van der Waals surface area contributed by atoms with Gasteiger partial charge in [0.1, 0.15) is 6.17 Å². The molecule has 146 valence electrons. The second-order valence-corrected chi connectivity index (χ2v) is 8.86. The van der Waals surface area contributed by atoms with E-state index in [0.717, 1.165) is 11.3 Å². The van der Waals surface area contributed by atoms with Crippen molar-refractivity contribution in [2.45, 2.75) is 38.9 Å². The number of carbonyl (C=O) groups excluding carboxylic acids is 2. The molecule has 1 aromatic rings. The van der Waals surface area contributed by atoms with Crippen molar-refractivity contribution in [3.63, 3.8) is 0 Å². The lowest BCUT2D eigenvalue weighted by molar-refractivity contribution is -0.133. The van der Waals surface area contributed by atoms with E-state index in [1.807, 2.05) is 27.0 Å². The predicted molar refractivity (Wildman–Crippen MR) is 108 cm³/mol. The molecule has 0 bridgehead atoms. The van der Waals surface area contributed by atoms with Crippen LogP contribution in [0.2, 0.25) is 0 Å². The molecule has 27 heavy (non-hydrogen) atoms. The van der Waals surface area contributed by atoms with Crippen molar-refractivity contribution in [1.29, 1.82) is 5.26 Å². The number of likely N-dealkylation sites (N-methyl/N-ethyl adjacent to an activating group) is 1. The Morgan fingerprint density at radius 2 is 1.93 bits per heavy atom. The van der Waals surface area contributed by atoms with Crippen LogP contribution in [0.5, 0.6) is 0 Å². The number of carbonyl (C=O) groups is 2. The molecule has 0 aromatic heterocycles. The standard InChI is InChI=1S/C20H28N4O2S/c1-19(2,3)16-23(5)17(25)20(11-12-27-6,24(16)18(26)22-4)15-9-7-14(13-21)8-10-15/h7-10,16H,11-12H2,1-6H3,(H,22,26). The van der Waals surface area contributed by atoms with Gasteiger partial charge in [-0.1, -0.05) is 32.9 Å². The first-order valence-electron chi connectivity index (χ1n) is 8.93. The Morgan fingerprint density at radius 3 is 2.37 bits per heavy atom. The van der Waals surface area contributed by atoms with Gasteiger partial charge in [0.05, 0.1) is 11.6 Å². The summed E-state index contributed by atoms with van der Waals surface area (Å²) in [6, 6.07) is 8.83. The smallest absolute Gasteiger partial charge is 0.319 e. The lowest BCUT2D eigenvalue weighted by atomic mass is 9.84. The zero-order chi connectivity index (χ0) is 20.4. The Labute approximate surface area is 165 Å². The van der Waals surface area contributed by atoms with Crippen LogP contribution in [-0.4, -0.2) is 54.0 Å². The van der Waals surface area contributed by atoms with Gasteiger partial charge in [-0.05, 0) is 36.1 Å². The average molecular weight is 389 g/mol. The second-order valence-electron chi connectivity index (χ2n) is 7.87. The molecule has 3 amide bonds. The highest BCUT2D eigenvalue weighted by Gasteiger charge is 2.61. The van der Waals surface area contributed by atoms with Crippen molar-refractivity contribution in [3.05, 3.63) is 35.4 Å². The van der Waals surface area contributed by atoms with Crippen molar-refractivity contribution in [3.8, 4) is 6.07 Å². The number of amides is 3. The molecule has 2 rings (SSSR count). The van der Waals surface area contributed by atoms with Crippen LogP contribution >= 0.6 is 11.8 Å². The lowest BCUT2D eigenvalue weighted by Crippen LogP contribution is -2.57. The summed E-state index contributed by atoms with van der Waals surface area (Å²) in [5.41, 5.74) is -0.159. The third-order valence-electron chi connectivity index (χ3n) is 5.06. The molecule has 1 heterocycles. The number of thioether (sulfide) groups is 1. The molecule has 0 radical (unpaired) electrons. The van der Waals surface area contributed by atoms with Crippen molar-refractivity contribution in [2.75, 3.05) is 26.1 Å². The van der Waals surface area contributed by atoms with Crippen LogP contribution in [0.25, 0.3) is 0 Å². The van der Waals surface area contributed by atoms with Crippen LogP contribution in [0, 0.1) is 16.7 Å². The third-order valence-corrected chi connectivity index (χ3v) is 5.68. The van der Waals surface area contributed by atoms with Crippen molar-refractivity contribution in [2.24, 2.45) is 5.41 Å². The molecule has 6 nitrogen and oxygen atoms in total. The monoisotopic (exact) mass is 388 g/mol. The van der Waals surface area contributed by atoms with Gasteiger partial charge in [0, 0.05) is 19.5 Å². The molecule has 0 saturated carbocycles. The van der Waals surface area contributed by atoms with Crippen LogP contribution in [0.1, 0.15) is 38.3 Å². The van der Waals surface area contributed by atoms with E-state index in [1.54, 1.807) is 59.9 Å². The summed E-state index contributed by atoms with van der Waals surface area (Å²) in [7, 11) is 3.35. The molecule has 0 aliphatic carbocycles. The van der Waals surface area contributed by atoms with Gasteiger partial charge < -0.3 is 10.2 Å². The number of nitrogens with zero attached hydrogens (tertiary/aromatic N) is 3. The van der Waals surface area contributed by atoms with E-state index in [0.29, 0.717) is 12.0 Å². The summed E-state index contributed by atoms with van der Waals surface area (Å²) in [5, 5.41) is 11.8. The number of nitriles is 1. The van der Waals surface area contributed by atoms with Gasteiger partial charge >= 0.3 is 6.03 Å². The van der Waals surface area contributed by atoms with Gasteiger partial charge in [-0.2, -0.15) is 17.0 Å². The van der Waals surface area contributed by atoms with Crippen LogP contribution in [0.3, 0.4) is 0 Å². The summed E-state index contributed by atoms with van der Waals surface area (Å²) in [6.07, 6.45) is 2.10. The number of urea groups is 1. The van der Waals surface area contributed by atoms with Gasteiger partial charge in [0.2, 0.25) is 0 Å².